The second kappa shape index (κ2) is 15.7. The maximum atomic E-state index is 13.6. The summed E-state index contributed by atoms with van der Waals surface area (Å²) in [4.78, 5) is 53.8. The molecule has 4 N–H and O–H groups in total. The zero-order valence-electron chi connectivity index (χ0n) is 33.3. The van der Waals surface area contributed by atoms with Crippen LogP contribution in [0.25, 0.3) is 21.8 Å². The first-order valence-electron chi connectivity index (χ1n) is 18.6. The van der Waals surface area contributed by atoms with Crippen molar-refractivity contribution >= 4 is 57.2 Å². The van der Waals surface area contributed by atoms with Crippen LogP contribution in [0.5, 0.6) is 23.0 Å². The van der Waals surface area contributed by atoms with Gasteiger partial charge in [-0.1, -0.05) is 27.7 Å². The number of methoxy groups -OCH3 is 4. The van der Waals surface area contributed by atoms with Gasteiger partial charge in [-0.25, -0.2) is 9.97 Å². The summed E-state index contributed by atoms with van der Waals surface area (Å²) in [6.45, 7) is 13.0. The van der Waals surface area contributed by atoms with Gasteiger partial charge < -0.3 is 50.0 Å². The van der Waals surface area contributed by atoms with Crippen molar-refractivity contribution in [2.75, 3.05) is 102 Å². The third kappa shape index (κ3) is 8.57. The largest absolute Gasteiger partial charge is 0.493 e. The lowest BCUT2D eigenvalue weighted by Crippen LogP contribution is -2.50. The number of anilines is 4. The molecular weight excluding hydrogens is 704 g/mol. The Morgan fingerprint density at radius 2 is 0.891 bits per heavy atom. The first kappa shape index (κ1) is 39.2. The highest BCUT2D eigenvalue weighted by Gasteiger charge is 2.36. The normalized spacial score (nSPS) is 15.4. The number of amides is 2. The number of ether oxygens (including phenoxy) is 4. The number of benzene rings is 2. The highest BCUT2D eigenvalue weighted by molar-refractivity contribution is 5.93. The average Bonchev–Trinajstić information content (AvgIpc) is 3.15. The van der Waals surface area contributed by atoms with E-state index in [1.165, 1.54) is 0 Å². The SMILES string of the molecule is COc1cc2nc(N3CCN(C(=O)CC(C)(C)CC(C)(C)CC(=O)N4CCN(c5nc(N)c6cc(OC)c(OC)cc6n5)CC4)CC3)nc(N)c2cc1OC. The minimum atomic E-state index is -0.313. The van der Waals surface area contributed by atoms with Crippen LogP contribution in [-0.4, -0.2) is 122 Å². The fourth-order valence-electron chi connectivity index (χ4n) is 7.99. The number of fused-ring (bicyclic) bond motifs is 2. The van der Waals surface area contributed by atoms with Crippen molar-refractivity contribution in [3.05, 3.63) is 24.3 Å². The van der Waals surface area contributed by atoms with Gasteiger partial charge in [0.25, 0.3) is 0 Å². The molecule has 0 atom stereocenters. The van der Waals surface area contributed by atoms with E-state index >= 15 is 0 Å². The lowest BCUT2D eigenvalue weighted by molar-refractivity contribution is -0.134. The molecule has 2 saturated heterocycles. The molecule has 55 heavy (non-hydrogen) atoms. The maximum absolute atomic E-state index is 13.6. The smallest absolute Gasteiger partial charge is 0.228 e. The van der Waals surface area contributed by atoms with Crippen LogP contribution >= 0.6 is 0 Å². The van der Waals surface area contributed by atoms with Crippen molar-refractivity contribution in [3.63, 3.8) is 0 Å². The van der Waals surface area contributed by atoms with Crippen LogP contribution in [0.1, 0.15) is 47.0 Å². The zero-order valence-corrected chi connectivity index (χ0v) is 33.3. The van der Waals surface area contributed by atoms with Gasteiger partial charge in [0, 0.05) is 88.1 Å². The number of rotatable bonds is 12. The van der Waals surface area contributed by atoms with Crippen molar-refractivity contribution in [3.8, 4) is 23.0 Å². The van der Waals surface area contributed by atoms with Gasteiger partial charge in [-0.15, -0.1) is 0 Å². The number of nitrogens with zero attached hydrogens (tertiary/aromatic N) is 8. The number of piperazine rings is 2. The Morgan fingerprint density at radius 1 is 0.564 bits per heavy atom. The van der Waals surface area contributed by atoms with Crippen molar-refractivity contribution in [2.24, 2.45) is 10.8 Å². The molecule has 0 bridgehead atoms. The lowest BCUT2D eigenvalue weighted by atomic mass is 9.71. The van der Waals surface area contributed by atoms with E-state index in [4.69, 9.17) is 40.4 Å². The van der Waals surface area contributed by atoms with Crippen LogP contribution < -0.4 is 40.2 Å². The van der Waals surface area contributed by atoms with Crippen molar-refractivity contribution < 1.29 is 28.5 Å². The predicted octanol–water partition coefficient (Wildman–Crippen LogP) is 3.99. The Bertz CT molecular complexity index is 1910. The molecule has 0 aliphatic carbocycles. The number of carbonyl (C=O) groups excluding carboxylic acids is 2. The van der Waals surface area contributed by atoms with Crippen LogP contribution in [0.4, 0.5) is 23.5 Å². The molecule has 2 aliphatic heterocycles. The summed E-state index contributed by atoms with van der Waals surface area (Å²) in [5.74, 6) is 4.20. The van der Waals surface area contributed by atoms with E-state index in [1.54, 1.807) is 52.7 Å². The molecule has 296 valence electrons. The summed E-state index contributed by atoms with van der Waals surface area (Å²) in [7, 11) is 6.30. The van der Waals surface area contributed by atoms with E-state index in [-0.39, 0.29) is 22.6 Å². The van der Waals surface area contributed by atoms with Gasteiger partial charge in [0.05, 0.1) is 39.5 Å². The van der Waals surface area contributed by atoms with Gasteiger partial charge >= 0.3 is 0 Å². The number of hydrogen-bond donors (Lipinski definition) is 2. The topological polar surface area (TPSA) is 188 Å². The number of carbonyl (C=O) groups is 2. The Hall–Kier alpha value is -5.54. The molecule has 0 unspecified atom stereocenters. The Morgan fingerprint density at radius 3 is 1.22 bits per heavy atom. The van der Waals surface area contributed by atoms with Gasteiger partial charge in [0.1, 0.15) is 11.6 Å². The summed E-state index contributed by atoms with van der Waals surface area (Å²) in [6.07, 6.45) is 1.49. The summed E-state index contributed by atoms with van der Waals surface area (Å²) < 4.78 is 21.7. The second-order valence-electron chi connectivity index (χ2n) is 15.9. The van der Waals surface area contributed by atoms with Gasteiger partial charge in [-0.2, -0.15) is 9.97 Å². The number of nitrogens with two attached hydrogens (primary N) is 2. The number of nitrogen functional groups attached to an aromatic ring is 2. The first-order valence-corrected chi connectivity index (χ1v) is 18.6. The van der Waals surface area contributed by atoms with Gasteiger partial charge in [0.15, 0.2) is 23.0 Å². The molecule has 2 amide bonds. The Kier molecular flexibility index (Phi) is 11.2. The average molecular weight is 759 g/mol. The molecule has 6 rings (SSSR count). The van der Waals surface area contributed by atoms with Crippen molar-refractivity contribution in [2.45, 2.75) is 47.0 Å². The summed E-state index contributed by atoms with van der Waals surface area (Å²) in [5, 5.41) is 1.37. The molecule has 2 aromatic carbocycles. The quantitative estimate of drug-likeness (QED) is 0.211. The van der Waals surface area contributed by atoms with E-state index in [9.17, 15) is 9.59 Å². The molecule has 2 aromatic heterocycles. The lowest BCUT2D eigenvalue weighted by Gasteiger charge is -2.40. The minimum Gasteiger partial charge on any atom is -0.493 e. The first-order chi connectivity index (χ1) is 26.1. The molecule has 16 nitrogen and oxygen atoms in total. The minimum absolute atomic E-state index is 0.104. The highest BCUT2D eigenvalue weighted by Crippen LogP contribution is 2.40. The molecule has 4 aromatic rings. The summed E-state index contributed by atoms with van der Waals surface area (Å²) in [6, 6.07) is 7.15. The Labute approximate surface area is 322 Å². The fraction of sp³-hybridized carbons (Fsp3) is 0.538. The van der Waals surface area contributed by atoms with Gasteiger partial charge in [-0.3, -0.25) is 9.59 Å². The van der Waals surface area contributed by atoms with Crippen LogP contribution in [0.2, 0.25) is 0 Å². The molecule has 0 saturated carbocycles. The standard InChI is InChI=1S/C39H54N10O6/c1-38(2,21-32(50)46-9-13-48(14-10-46)36-42-26-19-30(54-7)28(52-5)17-24(26)34(40)44-36)23-39(3,4)22-33(51)47-11-15-49(16-12-47)37-43-27-20-31(55-8)29(53-6)18-25(27)35(41)45-37/h17-20H,9-16,21-23H2,1-8H3,(H2,40,42,44)(H2,41,43,45). The molecule has 0 radical (unpaired) electrons. The third-order valence-corrected chi connectivity index (χ3v) is 10.5. The van der Waals surface area contributed by atoms with E-state index in [0.29, 0.717) is 140 Å². The molecule has 16 heteroatoms. The summed E-state index contributed by atoms with van der Waals surface area (Å²) >= 11 is 0. The van der Waals surface area contributed by atoms with Gasteiger partial charge in [-0.05, 0) is 29.4 Å². The van der Waals surface area contributed by atoms with E-state index in [0.717, 1.165) is 0 Å². The number of hydrogen-bond acceptors (Lipinski definition) is 14. The molecular formula is C39H54N10O6. The van der Waals surface area contributed by atoms with Crippen LogP contribution in [0, 0.1) is 10.8 Å². The predicted molar refractivity (Wildman–Crippen MR) is 213 cm³/mol. The van der Waals surface area contributed by atoms with Crippen molar-refractivity contribution in [1.82, 2.24) is 29.7 Å². The van der Waals surface area contributed by atoms with E-state index in [1.807, 2.05) is 9.80 Å². The molecule has 2 fully saturated rings. The molecule has 0 spiro atoms. The van der Waals surface area contributed by atoms with E-state index < -0.39 is 0 Å². The van der Waals surface area contributed by atoms with Gasteiger partial charge in [0.2, 0.25) is 23.7 Å². The monoisotopic (exact) mass is 758 g/mol. The fourth-order valence-corrected chi connectivity index (χ4v) is 7.99. The zero-order chi connectivity index (χ0) is 39.7. The maximum Gasteiger partial charge on any atom is 0.228 e. The van der Waals surface area contributed by atoms with Crippen molar-refractivity contribution in [1.29, 1.82) is 0 Å². The highest BCUT2D eigenvalue weighted by atomic mass is 16.5. The summed E-state index contributed by atoms with van der Waals surface area (Å²) in [5.41, 5.74) is 13.4. The van der Waals surface area contributed by atoms with Crippen LogP contribution in [0.15, 0.2) is 24.3 Å². The van der Waals surface area contributed by atoms with Crippen LogP contribution in [0.3, 0.4) is 0 Å². The van der Waals surface area contributed by atoms with Crippen LogP contribution in [-0.2, 0) is 9.59 Å². The molecule has 4 heterocycles. The number of aromatic nitrogens is 4. The molecule has 2 aliphatic rings. The van der Waals surface area contributed by atoms with E-state index in [2.05, 4.69) is 47.5 Å². The Balaban J connectivity index is 0.995. The second-order valence-corrected chi connectivity index (χ2v) is 15.9. The third-order valence-electron chi connectivity index (χ3n) is 10.5.